The predicted octanol–water partition coefficient (Wildman–Crippen LogP) is 4.76. The van der Waals surface area contributed by atoms with Crippen LogP contribution in [0.5, 0.6) is 11.5 Å². The third kappa shape index (κ3) is 5.92. The smallest absolute Gasteiger partial charge is 0.335 e. The highest BCUT2D eigenvalue weighted by Gasteiger charge is 2.37. The van der Waals surface area contributed by atoms with E-state index in [4.69, 9.17) is 9.47 Å². The minimum Gasteiger partial charge on any atom is -0.497 e. The molecule has 0 saturated carbocycles. The van der Waals surface area contributed by atoms with Crippen molar-refractivity contribution in [3.63, 3.8) is 0 Å². The Morgan fingerprint density at radius 2 is 1.74 bits per heavy atom. The number of carbonyl (C=O) groups excluding carboxylic acids is 4. The van der Waals surface area contributed by atoms with E-state index < -0.39 is 23.8 Å². The predicted molar refractivity (Wildman–Crippen MR) is 146 cm³/mol. The Balaban J connectivity index is 1.56. The van der Waals surface area contributed by atoms with Crippen molar-refractivity contribution < 1.29 is 28.7 Å². The number of nitrogens with zero attached hydrogens (tertiary/aromatic N) is 1. The number of benzene rings is 3. The Bertz CT molecular complexity index is 1470. The SMILES string of the molecule is COc1ccc(NC(=O)COc2ccc(Br)cc2/C=C2/C(=O)NC(=O)N(c3ccc(C)c(C)c3)C2=O)cc1. The minimum absolute atomic E-state index is 0.256. The molecule has 0 radical (unpaired) electrons. The quantitative estimate of drug-likeness (QED) is 0.309. The van der Waals surface area contributed by atoms with Gasteiger partial charge in [-0.2, -0.15) is 0 Å². The second-order valence-electron chi connectivity index (χ2n) is 8.47. The summed E-state index contributed by atoms with van der Waals surface area (Å²) in [7, 11) is 1.55. The summed E-state index contributed by atoms with van der Waals surface area (Å²) in [5.74, 6) is -1.09. The van der Waals surface area contributed by atoms with E-state index >= 15 is 0 Å². The summed E-state index contributed by atoms with van der Waals surface area (Å²) in [5.41, 5.74) is 2.91. The second-order valence-corrected chi connectivity index (χ2v) is 9.39. The first-order valence-corrected chi connectivity index (χ1v) is 12.3. The molecule has 0 spiro atoms. The summed E-state index contributed by atoms with van der Waals surface area (Å²) in [4.78, 5) is 51.9. The van der Waals surface area contributed by atoms with E-state index in [1.807, 2.05) is 13.8 Å². The van der Waals surface area contributed by atoms with Gasteiger partial charge in [0.15, 0.2) is 6.61 Å². The van der Waals surface area contributed by atoms with Crippen LogP contribution in [0.2, 0.25) is 0 Å². The van der Waals surface area contributed by atoms with Crippen molar-refractivity contribution in [1.29, 1.82) is 0 Å². The van der Waals surface area contributed by atoms with E-state index in [-0.39, 0.29) is 17.9 Å². The molecule has 9 nitrogen and oxygen atoms in total. The van der Waals surface area contributed by atoms with E-state index in [1.54, 1.807) is 67.8 Å². The van der Waals surface area contributed by atoms with Crippen LogP contribution in [0.3, 0.4) is 0 Å². The number of barbiturate groups is 1. The van der Waals surface area contributed by atoms with Crippen LogP contribution in [0.25, 0.3) is 6.08 Å². The van der Waals surface area contributed by atoms with Gasteiger partial charge < -0.3 is 14.8 Å². The van der Waals surface area contributed by atoms with Gasteiger partial charge in [-0.05, 0) is 85.6 Å². The third-order valence-corrected chi connectivity index (χ3v) is 6.35. The summed E-state index contributed by atoms with van der Waals surface area (Å²) in [5, 5.41) is 4.94. The summed E-state index contributed by atoms with van der Waals surface area (Å²) < 4.78 is 11.5. The summed E-state index contributed by atoms with van der Waals surface area (Å²) >= 11 is 3.38. The van der Waals surface area contributed by atoms with Gasteiger partial charge in [-0.3, -0.25) is 19.7 Å². The number of rotatable bonds is 7. The zero-order chi connectivity index (χ0) is 27.4. The molecule has 1 heterocycles. The van der Waals surface area contributed by atoms with E-state index in [1.165, 1.54) is 6.08 Å². The zero-order valence-corrected chi connectivity index (χ0v) is 22.4. The Morgan fingerprint density at radius 3 is 2.42 bits per heavy atom. The average molecular weight is 578 g/mol. The van der Waals surface area contributed by atoms with Crippen LogP contribution in [0.15, 0.2) is 70.7 Å². The molecule has 3 aromatic carbocycles. The van der Waals surface area contributed by atoms with Gasteiger partial charge in [-0.15, -0.1) is 0 Å². The fourth-order valence-corrected chi connectivity index (χ4v) is 4.07. The molecule has 4 rings (SSSR count). The molecule has 5 amide bonds. The van der Waals surface area contributed by atoms with Gasteiger partial charge in [0.05, 0.1) is 12.8 Å². The molecule has 38 heavy (non-hydrogen) atoms. The first-order valence-electron chi connectivity index (χ1n) is 11.5. The van der Waals surface area contributed by atoms with Crippen LogP contribution in [0.4, 0.5) is 16.2 Å². The van der Waals surface area contributed by atoms with Crippen molar-refractivity contribution in [2.45, 2.75) is 13.8 Å². The molecule has 194 valence electrons. The number of methoxy groups -OCH3 is 1. The van der Waals surface area contributed by atoms with Crippen molar-refractivity contribution >= 4 is 57.1 Å². The van der Waals surface area contributed by atoms with Gasteiger partial charge in [-0.25, -0.2) is 9.69 Å². The van der Waals surface area contributed by atoms with Crippen LogP contribution in [-0.2, 0) is 14.4 Å². The van der Waals surface area contributed by atoms with E-state index in [9.17, 15) is 19.2 Å². The molecule has 2 N–H and O–H groups in total. The summed E-state index contributed by atoms with van der Waals surface area (Å²) in [6.07, 6.45) is 1.33. The van der Waals surface area contributed by atoms with Crippen molar-refractivity contribution in [3.05, 3.63) is 87.4 Å². The number of anilines is 2. The van der Waals surface area contributed by atoms with Crippen molar-refractivity contribution in [3.8, 4) is 11.5 Å². The summed E-state index contributed by atoms with van der Waals surface area (Å²) in [6.45, 7) is 3.46. The molecule has 0 bridgehead atoms. The number of aryl methyl sites for hydroxylation is 2. The lowest BCUT2D eigenvalue weighted by Crippen LogP contribution is -2.54. The van der Waals surface area contributed by atoms with Crippen molar-refractivity contribution in [2.75, 3.05) is 23.9 Å². The lowest BCUT2D eigenvalue weighted by molar-refractivity contribution is -0.122. The lowest BCUT2D eigenvalue weighted by Gasteiger charge is -2.27. The van der Waals surface area contributed by atoms with E-state index in [0.29, 0.717) is 27.2 Å². The highest BCUT2D eigenvalue weighted by atomic mass is 79.9. The van der Waals surface area contributed by atoms with Gasteiger partial charge in [0.2, 0.25) is 0 Å². The Morgan fingerprint density at radius 1 is 1.00 bits per heavy atom. The molecule has 1 aliphatic rings. The number of hydrogen-bond donors (Lipinski definition) is 2. The fraction of sp³-hybridized carbons (Fsp3) is 0.143. The molecule has 1 fully saturated rings. The van der Waals surface area contributed by atoms with Crippen molar-refractivity contribution in [2.24, 2.45) is 0 Å². The second kappa shape index (κ2) is 11.3. The molecule has 0 aromatic heterocycles. The maximum absolute atomic E-state index is 13.3. The number of imide groups is 2. The van der Waals surface area contributed by atoms with Gasteiger partial charge in [0.1, 0.15) is 17.1 Å². The maximum Gasteiger partial charge on any atom is 0.335 e. The number of ether oxygens (including phenoxy) is 2. The maximum atomic E-state index is 13.3. The highest BCUT2D eigenvalue weighted by molar-refractivity contribution is 9.10. The van der Waals surface area contributed by atoms with E-state index in [0.717, 1.165) is 16.0 Å². The van der Waals surface area contributed by atoms with Crippen LogP contribution in [0.1, 0.15) is 16.7 Å². The largest absolute Gasteiger partial charge is 0.497 e. The van der Waals surface area contributed by atoms with Gasteiger partial charge in [0.25, 0.3) is 17.7 Å². The van der Waals surface area contributed by atoms with Gasteiger partial charge in [-0.1, -0.05) is 22.0 Å². The van der Waals surface area contributed by atoms with Crippen LogP contribution in [0, 0.1) is 13.8 Å². The average Bonchev–Trinajstić information content (AvgIpc) is 2.88. The van der Waals surface area contributed by atoms with Crippen LogP contribution < -0.4 is 25.0 Å². The number of halogens is 1. The highest BCUT2D eigenvalue weighted by Crippen LogP contribution is 2.29. The molecule has 0 atom stereocenters. The minimum atomic E-state index is -0.832. The lowest BCUT2D eigenvalue weighted by atomic mass is 10.0. The first-order chi connectivity index (χ1) is 18.2. The van der Waals surface area contributed by atoms with Crippen molar-refractivity contribution in [1.82, 2.24) is 5.32 Å². The standard InChI is InChI=1S/C28H24BrN3O6/c1-16-4-8-21(12-17(16)2)32-27(35)23(26(34)31-28(32)36)14-18-13-19(29)5-11-24(18)38-15-25(33)30-20-6-9-22(37-3)10-7-20/h4-14H,15H2,1-3H3,(H,30,33)(H,31,34,36)/b23-14-. The van der Waals surface area contributed by atoms with Crippen LogP contribution >= 0.6 is 15.9 Å². The Labute approximate surface area is 227 Å². The molecule has 0 aliphatic carbocycles. The van der Waals surface area contributed by atoms with Crippen LogP contribution in [-0.4, -0.2) is 37.5 Å². The molecule has 3 aromatic rings. The topological polar surface area (TPSA) is 114 Å². The molecular weight excluding hydrogens is 554 g/mol. The Kier molecular flexibility index (Phi) is 7.92. The number of nitrogens with one attached hydrogen (secondary N) is 2. The number of hydrogen-bond acceptors (Lipinski definition) is 6. The molecule has 1 aliphatic heterocycles. The molecule has 0 unspecified atom stereocenters. The summed E-state index contributed by atoms with van der Waals surface area (Å²) in [6, 6.07) is 16.1. The zero-order valence-electron chi connectivity index (χ0n) is 20.8. The Hall–Kier alpha value is -4.44. The van der Waals surface area contributed by atoms with E-state index in [2.05, 4.69) is 26.6 Å². The number of urea groups is 1. The number of amides is 5. The third-order valence-electron chi connectivity index (χ3n) is 5.85. The first kappa shape index (κ1) is 26.6. The fourth-order valence-electron chi connectivity index (χ4n) is 3.69. The van der Waals surface area contributed by atoms with Gasteiger partial charge in [0, 0.05) is 15.7 Å². The normalized spacial score (nSPS) is 14.4. The molecular formula is C28H24BrN3O6. The number of carbonyl (C=O) groups is 4. The van der Waals surface area contributed by atoms with Gasteiger partial charge >= 0.3 is 6.03 Å². The monoisotopic (exact) mass is 577 g/mol. The molecule has 1 saturated heterocycles. The molecule has 10 heteroatoms.